The smallest absolute Gasteiger partial charge is 0.191 e. The van der Waals surface area contributed by atoms with Gasteiger partial charge >= 0.3 is 0 Å². The summed E-state index contributed by atoms with van der Waals surface area (Å²) in [5.41, 5.74) is 7.10. The molecule has 0 aromatic carbocycles. The molecule has 1 aromatic heterocycles. The third kappa shape index (κ3) is 3.19. The van der Waals surface area contributed by atoms with Gasteiger partial charge in [0.2, 0.25) is 0 Å². The van der Waals surface area contributed by atoms with Crippen molar-refractivity contribution in [1.29, 1.82) is 0 Å². The van der Waals surface area contributed by atoms with E-state index >= 15 is 0 Å². The van der Waals surface area contributed by atoms with Crippen molar-refractivity contribution in [2.45, 2.75) is 39.7 Å². The maximum Gasteiger partial charge on any atom is 0.191 e. The molecule has 5 heteroatoms. The number of hydrogen-bond acceptors (Lipinski definition) is 3. The van der Waals surface area contributed by atoms with Crippen molar-refractivity contribution < 1.29 is 0 Å². The number of nitrogens with zero attached hydrogens (tertiary/aromatic N) is 3. The third-order valence-electron chi connectivity index (χ3n) is 3.06. The zero-order valence-electron chi connectivity index (χ0n) is 10.6. The zero-order chi connectivity index (χ0) is 12.3. The van der Waals surface area contributed by atoms with Crippen LogP contribution in [0.15, 0.2) is 4.99 Å². The van der Waals surface area contributed by atoms with Gasteiger partial charge in [0.05, 0.1) is 17.2 Å². The Morgan fingerprint density at radius 2 is 2.06 bits per heavy atom. The number of guanidine groups is 1. The van der Waals surface area contributed by atoms with Crippen LogP contribution in [0, 0.1) is 13.8 Å². The second-order valence-electron chi connectivity index (χ2n) is 4.46. The molecule has 0 unspecified atom stereocenters. The molecule has 0 spiro atoms. The lowest BCUT2D eigenvalue weighted by molar-refractivity contribution is 0.338. The highest BCUT2D eigenvalue weighted by molar-refractivity contribution is 7.11. The molecular formula is C12H20N4S. The first-order valence-electron chi connectivity index (χ1n) is 6.14. The molecule has 2 N–H and O–H groups in total. The van der Waals surface area contributed by atoms with Crippen molar-refractivity contribution in [2.24, 2.45) is 10.7 Å². The van der Waals surface area contributed by atoms with Crippen molar-refractivity contribution in [3.05, 3.63) is 15.6 Å². The van der Waals surface area contributed by atoms with Gasteiger partial charge in [0.1, 0.15) is 0 Å². The molecule has 2 heterocycles. The van der Waals surface area contributed by atoms with Crippen LogP contribution in [-0.2, 0) is 6.54 Å². The standard InChI is InChI=1S/C12H20N4S/c1-9-11(17-10(2)15-9)8-14-12(13)16-6-4-3-5-7-16/h3-8H2,1-2H3,(H2,13,14). The maximum atomic E-state index is 6.01. The second kappa shape index (κ2) is 5.49. The lowest BCUT2D eigenvalue weighted by atomic mass is 10.1. The summed E-state index contributed by atoms with van der Waals surface area (Å²) in [7, 11) is 0. The van der Waals surface area contributed by atoms with Crippen LogP contribution in [0.25, 0.3) is 0 Å². The third-order valence-corrected chi connectivity index (χ3v) is 4.12. The van der Waals surface area contributed by atoms with Crippen LogP contribution in [-0.4, -0.2) is 28.9 Å². The molecule has 94 valence electrons. The van der Waals surface area contributed by atoms with E-state index in [1.807, 2.05) is 13.8 Å². The molecule has 0 bridgehead atoms. The molecule has 0 aliphatic carbocycles. The van der Waals surface area contributed by atoms with E-state index in [1.54, 1.807) is 11.3 Å². The minimum absolute atomic E-state index is 0.666. The molecule has 0 atom stereocenters. The molecule has 1 fully saturated rings. The van der Waals surface area contributed by atoms with Gasteiger partial charge in [-0.2, -0.15) is 0 Å². The number of aliphatic imine (C=N–C) groups is 1. The minimum atomic E-state index is 0.666. The Labute approximate surface area is 107 Å². The molecule has 17 heavy (non-hydrogen) atoms. The SMILES string of the molecule is Cc1nc(C)c(CN=C(N)N2CCCCC2)s1. The van der Waals surface area contributed by atoms with E-state index in [-0.39, 0.29) is 0 Å². The van der Waals surface area contributed by atoms with Gasteiger partial charge in [0.25, 0.3) is 0 Å². The summed E-state index contributed by atoms with van der Waals surface area (Å²) in [6.07, 6.45) is 3.78. The lowest BCUT2D eigenvalue weighted by Crippen LogP contribution is -2.40. The van der Waals surface area contributed by atoms with E-state index in [9.17, 15) is 0 Å². The molecule has 1 aromatic rings. The normalized spacial score (nSPS) is 17.5. The van der Waals surface area contributed by atoms with Crippen LogP contribution < -0.4 is 5.73 Å². The molecule has 1 saturated heterocycles. The Balaban J connectivity index is 1.97. The van der Waals surface area contributed by atoms with Crippen LogP contribution in [0.2, 0.25) is 0 Å². The van der Waals surface area contributed by atoms with Gasteiger partial charge < -0.3 is 10.6 Å². The lowest BCUT2D eigenvalue weighted by Gasteiger charge is -2.27. The monoisotopic (exact) mass is 252 g/mol. The number of thiazole rings is 1. The van der Waals surface area contributed by atoms with Gasteiger partial charge in [-0.1, -0.05) is 0 Å². The predicted molar refractivity (Wildman–Crippen MR) is 72.3 cm³/mol. The van der Waals surface area contributed by atoms with E-state index in [0.717, 1.165) is 23.8 Å². The first kappa shape index (κ1) is 12.4. The first-order valence-corrected chi connectivity index (χ1v) is 6.96. The number of rotatable bonds is 2. The zero-order valence-corrected chi connectivity index (χ0v) is 11.4. The minimum Gasteiger partial charge on any atom is -0.370 e. The van der Waals surface area contributed by atoms with Gasteiger partial charge in [-0.05, 0) is 33.1 Å². The Hall–Kier alpha value is -1.10. The Morgan fingerprint density at radius 1 is 1.35 bits per heavy atom. The highest BCUT2D eigenvalue weighted by Gasteiger charge is 2.12. The average molecular weight is 252 g/mol. The Morgan fingerprint density at radius 3 is 2.65 bits per heavy atom. The molecule has 0 radical (unpaired) electrons. The van der Waals surface area contributed by atoms with Crippen molar-refractivity contribution in [3.63, 3.8) is 0 Å². The van der Waals surface area contributed by atoms with Crippen LogP contribution >= 0.6 is 11.3 Å². The molecule has 2 rings (SSSR count). The summed E-state index contributed by atoms with van der Waals surface area (Å²) in [6.45, 7) is 6.83. The summed E-state index contributed by atoms with van der Waals surface area (Å²) < 4.78 is 0. The van der Waals surface area contributed by atoms with Crippen LogP contribution in [0.5, 0.6) is 0 Å². The summed E-state index contributed by atoms with van der Waals surface area (Å²) in [6, 6.07) is 0. The fourth-order valence-corrected chi connectivity index (χ4v) is 2.96. The molecule has 4 nitrogen and oxygen atoms in total. The average Bonchev–Trinajstić information content (AvgIpc) is 2.66. The number of likely N-dealkylation sites (tertiary alicyclic amines) is 1. The number of aryl methyl sites for hydroxylation is 2. The highest BCUT2D eigenvalue weighted by atomic mass is 32.1. The summed E-state index contributed by atoms with van der Waals surface area (Å²) in [5, 5.41) is 1.10. The fraction of sp³-hybridized carbons (Fsp3) is 0.667. The first-order chi connectivity index (χ1) is 8.16. The van der Waals surface area contributed by atoms with Crippen molar-refractivity contribution in [1.82, 2.24) is 9.88 Å². The van der Waals surface area contributed by atoms with E-state index in [0.29, 0.717) is 12.5 Å². The quantitative estimate of drug-likeness (QED) is 0.647. The highest BCUT2D eigenvalue weighted by Crippen LogP contribution is 2.18. The van der Waals surface area contributed by atoms with E-state index in [4.69, 9.17) is 5.73 Å². The summed E-state index contributed by atoms with van der Waals surface area (Å²) in [5.74, 6) is 0.690. The topological polar surface area (TPSA) is 54.5 Å². The van der Waals surface area contributed by atoms with Crippen molar-refractivity contribution in [3.8, 4) is 0 Å². The number of hydrogen-bond donors (Lipinski definition) is 1. The second-order valence-corrected chi connectivity index (χ2v) is 5.75. The maximum absolute atomic E-state index is 6.01. The van der Waals surface area contributed by atoms with E-state index in [2.05, 4.69) is 14.9 Å². The number of piperidine rings is 1. The van der Waals surface area contributed by atoms with Gasteiger partial charge in [-0.15, -0.1) is 11.3 Å². The van der Waals surface area contributed by atoms with Crippen molar-refractivity contribution in [2.75, 3.05) is 13.1 Å². The molecular weight excluding hydrogens is 232 g/mol. The van der Waals surface area contributed by atoms with Crippen LogP contribution in [0.4, 0.5) is 0 Å². The molecule has 0 amide bonds. The fourth-order valence-electron chi connectivity index (χ4n) is 2.10. The molecule has 0 saturated carbocycles. The van der Waals surface area contributed by atoms with E-state index < -0.39 is 0 Å². The number of aromatic nitrogens is 1. The van der Waals surface area contributed by atoms with Gasteiger partial charge in [0.15, 0.2) is 5.96 Å². The molecule has 1 aliphatic heterocycles. The van der Waals surface area contributed by atoms with Crippen molar-refractivity contribution >= 4 is 17.3 Å². The number of nitrogens with two attached hydrogens (primary N) is 1. The largest absolute Gasteiger partial charge is 0.370 e. The molecule has 1 aliphatic rings. The predicted octanol–water partition coefficient (Wildman–Crippen LogP) is 2.06. The van der Waals surface area contributed by atoms with Gasteiger partial charge in [0, 0.05) is 18.0 Å². The Bertz CT molecular complexity index is 405. The summed E-state index contributed by atoms with van der Waals surface area (Å²) in [4.78, 5) is 12.3. The summed E-state index contributed by atoms with van der Waals surface area (Å²) >= 11 is 1.71. The van der Waals surface area contributed by atoms with E-state index in [1.165, 1.54) is 24.1 Å². The van der Waals surface area contributed by atoms with Gasteiger partial charge in [-0.3, -0.25) is 0 Å². The van der Waals surface area contributed by atoms with Crippen LogP contribution in [0.3, 0.4) is 0 Å². The van der Waals surface area contributed by atoms with Crippen LogP contribution in [0.1, 0.15) is 34.8 Å². The van der Waals surface area contributed by atoms with Gasteiger partial charge in [-0.25, -0.2) is 9.98 Å². The Kier molecular flexibility index (Phi) is 3.99.